The van der Waals surface area contributed by atoms with Crippen molar-refractivity contribution in [1.82, 2.24) is 10.2 Å². The molecule has 7 heteroatoms. The Balaban J connectivity index is 2.53. The van der Waals surface area contributed by atoms with E-state index in [1.54, 1.807) is 7.11 Å². The first kappa shape index (κ1) is 16.0. The molecule has 0 spiro atoms. The molecule has 1 unspecified atom stereocenters. The Labute approximate surface area is 114 Å². The number of ether oxygens (including phenoxy) is 1. The van der Waals surface area contributed by atoms with E-state index in [9.17, 15) is 13.2 Å². The molecule has 0 bridgehead atoms. The smallest absolute Gasteiger partial charge is 0.237 e. The Morgan fingerprint density at radius 1 is 1.58 bits per heavy atom. The average Bonchev–Trinajstić information content (AvgIpc) is 2.71. The zero-order valence-corrected chi connectivity index (χ0v) is 11.9. The SMILES string of the molecule is C#CCN(C(=O)CNCCOC)C1CCS(=O)(=O)C1. The molecule has 19 heavy (non-hydrogen) atoms. The highest BCUT2D eigenvalue weighted by molar-refractivity contribution is 7.91. The fraction of sp³-hybridized carbons (Fsp3) is 0.750. The van der Waals surface area contributed by atoms with Crippen molar-refractivity contribution in [2.75, 3.05) is 44.9 Å². The predicted molar refractivity (Wildman–Crippen MR) is 72.4 cm³/mol. The van der Waals surface area contributed by atoms with Gasteiger partial charge in [0.25, 0.3) is 0 Å². The van der Waals surface area contributed by atoms with Gasteiger partial charge in [-0.2, -0.15) is 0 Å². The molecule has 1 fully saturated rings. The van der Waals surface area contributed by atoms with E-state index in [0.29, 0.717) is 19.6 Å². The standard InChI is InChI=1S/C12H20N2O4S/c1-3-6-14(11-4-8-19(16,17)10-11)12(15)9-13-5-7-18-2/h1,11,13H,4-10H2,2H3. The molecule has 1 heterocycles. The van der Waals surface area contributed by atoms with Crippen LogP contribution in [0.3, 0.4) is 0 Å². The van der Waals surface area contributed by atoms with E-state index in [4.69, 9.17) is 11.2 Å². The number of carbonyl (C=O) groups is 1. The van der Waals surface area contributed by atoms with Crippen molar-refractivity contribution in [3.8, 4) is 12.3 Å². The van der Waals surface area contributed by atoms with E-state index < -0.39 is 9.84 Å². The molecular weight excluding hydrogens is 268 g/mol. The van der Waals surface area contributed by atoms with Gasteiger partial charge in [0.05, 0.1) is 31.2 Å². The van der Waals surface area contributed by atoms with Crippen molar-refractivity contribution >= 4 is 15.7 Å². The van der Waals surface area contributed by atoms with E-state index in [-0.39, 0.29) is 36.5 Å². The third-order valence-corrected chi connectivity index (χ3v) is 4.74. The quantitative estimate of drug-likeness (QED) is 0.474. The third kappa shape index (κ3) is 5.19. The van der Waals surface area contributed by atoms with Crippen molar-refractivity contribution in [2.24, 2.45) is 0 Å². The molecule has 1 N–H and O–H groups in total. The molecule has 1 atom stereocenters. The number of terminal acetylenes is 1. The van der Waals surface area contributed by atoms with Crippen LogP contribution in [0, 0.1) is 12.3 Å². The topological polar surface area (TPSA) is 75.7 Å². The number of hydrogen-bond donors (Lipinski definition) is 1. The molecule has 6 nitrogen and oxygen atoms in total. The number of methoxy groups -OCH3 is 1. The van der Waals surface area contributed by atoms with Crippen LogP contribution in [0.25, 0.3) is 0 Å². The van der Waals surface area contributed by atoms with Gasteiger partial charge in [0.2, 0.25) is 5.91 Å². The molecule has 1 aliphatic heterocycles. The second-order valence-electron chi connectivity index (χ2n) is 4.45. The van der Waals surface area contributed by atoms with Gasteiger partial charge in [-0.3, -0.25) is 4.79 Å². The minimum atomic E-state index is -3.02. The molecule has 0 aliphatic carbocycles. The third-order valence-electron chi connectivity index (χ3n) is 2.99. The number of amides is 1. The fourth-order valence-electron chi connectivity index (χ4n) is 2.01. The lowest BCUT2D eigenvalue weighted by atomic mass is 10.2. The first-order valence-corrected chi connectivity index (χ1v) is 7.95. The van der Waals surface area contributed by atoms with Gasteiger partial charge in [-0.05, 0) is 6.42 Å². The molecule has 0 radical (unpaired) electrons. The maximum absolute atomic E-state index is 12.0. The van der Waals surface area contributed by atoms with Gasteiger partial charge in [0.15, 0.2) is 9.84 Å². The van der Waals surface area contributed by atoms with Gasteiger partial charge in [0, 0.05) is 19.7 Å². The Kier molecular flexibility index (Phi) is 6.28. The van der Waals surface area contributed by atoms with Crippen LogP contribution in [-0.2, 0) is 19.4 Å². The van der Waals surface area contributed by atoms with Crippen LogP contribution in [0.5, 0.6) is 0 Å². The number of nitrogens with one attached hydrogen (secondary N) is 1. The minimum Gasteiger partial charge on any atom is -0.383 e. The van der Waals surface area contributed by atoms with E-state index in [2.05, 4.69) is 11.2 Å². The molecule has 108 valence electrons. The second-order valence-corrected chi connectivity index (χ2v) is 6.68. The lowest BCUT2D eigenvalue weighted by Crippen LogP contribution is -2.45. The summed E-state index contributed by atoms with van der Waals surface area (Å²) in [6, 6.07) is -0.294. The summed E-state index contributed by atoms with van der Waals surface area (Å²) in [5, 5.41) is 2.93. The monoisotopic (exact) mass is 288 g/mol. The highest BCUT2D eigenvalue weighted by Crippen LogP contribution is 2.17. The largest absolute Gasteiger partial charge is 0.383 e. The second kappa shape index (κ2) is 7.48. The highest BCUT2D eigenvalue weighted by Gasteiger charge is 2.33. The van der Waals surface area contributed by atoms with Gasteiger partial charge in [-0.25, -0.2) is 8.42 Å². The molecule has 1 amide bonds. The summed E-state index contributed by atoms with van der Waals surface area (Å²) >= 11 is 0. The van der Waals surface area contributed by atoms with Crippen LogP contribution in [0.15, 0.2) is 0 Å². The van der Waals surface area contributed by atoms with Crippen molar-refractivity contribution in [1.29, 1.82) is 0 Å². The fourth-order valence-corrected chi connectivity index (χ4v) is 3.74. The predicted octanol–water partition coefficient (Wildman–Crippen LogP) is -1.13. The van der Waals surface area contributed by atoms with Crippen LogP contribution < -0.4 is 5.32 Å². The molecule has 1 saturated heterocycles. The normalized spacial score (nSPS) is 20.9. The van der Waals surface area contributed by atoms with Gasteiger partial charge in [-0.15, -0.1) is 6.42 Å². The average molecular weight is 288 g/mol. The lowest BCUT2D eigenvalue weighted by Gasteiger charge is -2.26. The summed E-state index contributed by atoms with van der Waals surface area (Å²) in [5.74, 6) is 2.38. The number of nitrogens with zero attached hydrogens (tertiary/aromatic N) is 1. The van der Waals surface area contributed by atoms with E-state index in [1.807, 2.05) is 0 Å². The summed E-state index contributed by atoms with van der Waals surface area (Å²) in [7, 11) is -1.44. The molecule has 0 aromatic carbocycles. The van der Waals surface area contributed by atoms with Gasteiger partial charge < -0.3 is 15.0 Å². The number of sulfone groups is 1. The van der Waals surface area contributed by atoms with E-state index in [1.165, 1.54) is 4.90 Å². The molecule has 0 aromatic heterocycles. The lowest BCUT2D eigenvalue weighted by molar-refractivity contribution is -0.131. The first-order chi connectivity index (χ1) is 9.00. The summed E-state index contributed by atoms with van der Waals surface area (Å²) in [5.41, 5.74) is 0. The van der Waals surface area contributed by atoms with Gasteiger partial charge >= 0.3 is 0 Å². The maximum Gasteiger partial charge on any atom is 0.237 e. The Morgan fingerprint density at radius 2 is 2.32 bits per heavy atom. The Bertz CT molecular complexity index is 441. The zero-order chi connectivity index (χ0) is 14.3. The molecule has 1 aliphatic rings. The minimum absolute atomic E-state index is 0.0124. The first-order valence-electron chi connectivity index (χ1n) is 6.13. The van der Waals surface area contributed by atoms with Crippen LogP contribution >= 0.6 is 0 Å². The molecule has 0 saturated carbocycles. The van der Waals surface area contributed by atoms with Crippen LogP contribution in [0.2, 0.25) is 0 Å². The number of carbonyl (C=O) groups excluding carboxylic acids is 1. The van der Waals surface area contributed by atoms with Crippen molar-refractivity contribution < 1.29 is 17.9 Å². The van der Waals surface area contributed by atoms with E-state index >= 15 is 0 Å². The maximum atomic E-state index is 12.0. The molecular formula is C12H20N2O4S. The number of rotatable bonds is 7. The molecule has 0 aromatic rings. The summed E-state index contributed by atoms with van der Waals surface area (Å²) in [6.07, 6.45) is 5.71. The Morgan fingerprint density at radius 3 is 2.84 bits per heavy atom. The van der Waals surface area contributed by atoms with Crippen molar-refractivity contribution in [3.05, 3.63) is 0 Å². The zero-order valence-electron chi connectivity index (χ0n) is 11.1. The van der Waals surface area contributed by atoms with Gasteiger partial charge in [0.1, 0.15) is 0 Å². The summed E-state index contributed by atoms with van der Waals surface area (Å²) in [6.45, 7) is 1.36. The van der Waals surface area contributed by atoms with E-state index in [0.717, 1.165) is 0 Å². The Hall–Kier alpha value is -1.10. The number of hydrogen-bond acceptors (Lipinski definition) is 5. The summed E-state index contributed by atoms with van der Waals surface area (Å²) < 4.78 is 27.8. The molecule has 1 rings (SSSR count). The highest BCUT2D eigenvalue weighted by atomic mass is 32.2. The van der Waals surface area contributed by atoms with Crippen LogP contribution in [0.1, 0.15) is 6.42 Å². The van der Waals surface area contributed by atoms with Crippen molar-refractivity contribution in [3.63, 3.8) is 0 Å². The van der Waals surface area contributed by atoms with Crippen LogP contribution in [-0.4, -0.2) is 70.1 Å². The summed E-state index contributed by atoms with van der Waals surface area (Å²) in [4.78, 5) is 13.5. The van der Waals surface area contributed by atoms with Crippen molar-refractivity contribution in [2.45, 2.75) is 12.5 Å². The van der Waals surface area contributed by atoms with Crippen LogP contribution in [0.4, 0.5) is 0 Å². The van der Waals surface area contributed by atoms with Gasteiger partial charge in [-0.1, -0.05) is 5.92 Å².